The summed E-state index contributed by atoms with van der Waals surface area (Å²) in [5, 5.41) is 0.277. The highest BCUT2D eigenvalue weighted by atomic mass is 79.9. The summed E-state index contributed by atoms with van der Waals surface area (Å²) in [6.45, 7) is 0.938. The summed E-state index contributed by atoms with van der Waals surface area (Å²) in [7, 11) is 1.99. The standard InChI is InChI=1S/C8H11BrClN3S/c1-13(3-4-14-2)7-6(9)5-11-8(10)12-7/h5H,3-4H2,1-2H3. The van der Waals surface area contributed by atoms with Crippen LogP contribution in [0.1, 0.15) is 0 Å². The maximum atomic E-state index is 5.72. The Kier molecular flexibility index (Phi) is 4.98. The molecule has 1 heterocycles. The van der Waals surface area contributed by atoms with Gasteiger partial charge in [-0.2, -0.15) is 16.7 Å². The Morgan fingerprint density at radius 3 is 3.00 bits per heavy atom. The van der Waals surface area contributed by atoms with Crippen LogP contribution in [0.3, 0.4) is 0 Å². The van der Waals surface area contributed by atoms with Gasteiger partial charge in [-0.25, -0.2) is 4.98 Å². The molecular formula is C8H11BrClN3S. The zero-order chi connectivity index (χ0) is 10.6. The molecule has 0 aromatic carbocycles. The molecule has 1 aromatic rings. The lowest BCUT2D eigenvalue weighted by molar-refractivity contribution is 0.930. The van der Waals surface area contributed by atoms with E-state index in [4.69, 9.17) is 11.6 Å². The van der Waals surface area contributed by atoms with Gasteiger partial charge in [0.1, 0.15) is 5.82 Å². The van der Waals surface area contributed by atoms with Gasteiger partial charge >= 0.3 is 0 Å². The summed E-state index contributed by atoms with van der Waals surface area (Å²) in [5.74, 6) is 1.89. The quantitative estimate of drug-likeness (QED) is 0.799. The van der Waals surface area contributed by atoms with Gasteiger partial charge in [0.2, 0.25) is 5.28 Å². The molecule has 0 aliphatic heterocycles. The third-order valence-electron chi connectivity index (χ3n) is 1.69. The van der Waals surface area contributed by atoms with Crippen LogP contribution < -0.4 is 4.90 Å². The molecule has 0 saturated heterocycles. The van der Waals surface area contributed by atoms with Crippen LogP contribution in [0.15, 0.2) is 10.7 Å². The summed E-state index contributed by atoms with van der Waals surface area (Å²) in [6, 6.07) is 0. The van der Waals surface area contributed by atoms with Gasteiger partial charge in [0.05, 0.1) is 4.47 Å². The molecular weight excluding hydrogens is 286 g/mol. The number of rotatable bonds is 4. The van der Waals surface area contributed by atoms with Crippen molar-refractivity contribution in [2.24, 2.45) is 0 Å². The fraction of sp³-hybridized carbons (Fsp3) is 0.500. The smallest absolute Gasteiger partial charge is 0.224 e. The van der Waals surface area contributed by atoms with Crippen molar-refractivity contribution in [3.63, 3.8) is 0 Å². The minimum atomic E-state index is 0.277. The molecule has 0 radical (unpaired) electrons. The lowest BCUT2D eigenvalue weighted by atomic mass is 10.5. The SMILES string of the molecule is CSCCN(C)c1nc(Cl)ncc1Br. The summed E-state index contributed by atoms with van der Waals surface area (Å²) < 4.78 is 0.866. The second-order valence-electron chi connectivity index (χ2n) is 2.72. The second-order valence-corrected chi connectivity index (χ2v) is 4.90. The Balaban J connectivity index is 2.77. The average molecular weight is 297 g/mol. The van der Waals surface area contributed by atoms with Gasteiger partial charge in [0, 0.05) is 25.5 Å². The molecule has 14 heavy (non-hydrogen) atoms. The van der Waals surface area contributed by atoms with E-state index in [0.717, 1.165) is 22.6 Å². The molecule has 0 N–H and O–H groups in total. The molecule has 0 saturated carbocycles. The maximum absolute atomic E-state index is 5.72. The summed E-state index contributed by atoms with van der Waals surface area (Å²) in [5.41, 5.74) is 0. The van der Waals surface area contributed by atoms with E-state index in [1.54, 1.807) is 18.0 Å². The first-order valence-corrected chi connectivity index (χ1v) is 6.59. The van der Waals surface area contributed by atoms with Crippen molar-refractivity contribution < 1.29 is 0 Å². The van der Waals surface area contributed by atoms with Gasteiger partial charge in [0.15, 0.2) is 0 Å². The highest BCUT2D eigenvalue weighted by Crippen LogP contribution is 2.23. The molecule has 0 amide bonds. The molecule has 0 bridgehead atoms. The largest absolute Gasteiger partial charge is 0.358 e. The van der Waals surface area contributed by atoms with E-state index in [2.05, 4.69) is 32.2 Å². The molecule has 0 unspecified atom stereocenters. The number of hydrogen-bond acceptors (Lipinski definition) is 4. The Labute approximate surface area is 101 Å². The first-order chi connectivity index (χ1) is 6.65. The first kappa shape index (κ1) is 12.1. The summed E-state index contributed by atoms with van der Waals surface area (Å²) >= 11 is 10.9. The van der Waals surface area contributed by atoms with Crippen LogP contribution in [0.4, 0.5) is 5.82 Å². The molecule has 78 valence electrons. The number of hydrogen-bond donors (Lipinski definition) is 0. The van der Waals surface area contributed by atoms with Crippen molar-refractivity contribution in [3.05, 3.63) is 16.0 Å². The van der Waals surface area contributed by atoms with Crippen molar-refractivity contribution in [2.75, 3.05) is 30.5 Å². The number of anilines is 1. The number of halogens is 2. The van der Waals surface area contributed by atoms with Crippen LogP contribution in [0.25, 0.3) is 0 Å². The van der Waals surface area contributed by atoms with Crippen molar-refractivity contribution in [2.45, 2.75) is 0 Å². The maximum Gasteiger partial charge on any atom is 0.224 e. The van der Waals surface area contributed by atoms with Gasteiger partial charge in [-0.3, -0.25) is 0 Å². The molecule has 1 aromatic heterocycles. The predicted octanol–water partition coefficient (Wildman–Crippen LogP) is 2.69. The highest BCUT2D eigenvalue weighted by Gasteiger charge is 2.08. The van der Waals surface area contributed by atoms with Gasteiger partial charge < -0.3 is 4.90 Å². The highest BCUT2D eigenvalue weighted by molar-refractivity contribution is 9.10. The molecule has 1 rings (SSSR count). The zero-order valence-corrected chi connectivity index (χ0v) is 11.2. The lowest BCUT2D eigenvalue weighted by Crippen LogP contribution is -2.22. The van der Waals surface area contributed by atoms with Gasteiger partial charge in [-0.05, 0) is 33.8 Å². The van der Waals surface area contributed by atoms with Crippen molar-refractivity contribution in [1.29, 1.82) is 0 Å². The Hall–Kier alpha value is -0.000000000000000111. The minimum absolute atomic E-state index is 0.277. The lowest BCUT2D eigenvalue weighted by Gasteiger charge is -2.18. The topological polar surface area (TPSA) is 29.0 Å². The van der Waals surface area contributed by atoms with Crippen molar-refractivity contribution in [3.8, 4) is 0 Å². The van der Waals surface area contributed by atoms with Crippen molar-refractivity contribution in [1.82, 2.24) is 9.97 Å². The fourth-order valence-corrected chi connectivity index (χ4v) is 2.02. The zero-order valence-electron chi connectivity index (χ0n) is 8.00. The molecule has 3 nitrogen and oxygen atoms in total. The fourth-order valence-electron chi connectivity index (χ4n) is 0.939. The third kappa shape index (κ3) is 3.29. The van der Waals surface area contributed by atoms with Crippen LogP contribution in [0, 0.1) is 0 Å². The monoisotopic (exact) mass is 295 g/mol. The van der Waals surface area contributed by atoms with Crippen molar-refractivity contribution >= 4 is 45.1 Å². The Bertz CT molecular complexity index is 311. The predicted molar refractivity (Wildman–Crippen MR) is 66.4 cm³/mol. The number of aromatic nitrogens is 2. The minimum Gasteiger partial charge on any atom is -0.358 e. The van der Waals surface area contributed by atoms with Crippen LogP contribution >= 0.6 is 39.3 Å². The first-order valence-electron chi connectivity index (χ1n) is 4.03. The Morgan fingerprint density at radius 2 is 2.36 bits per heavy atom. The van der Waals surface area contributed by atoms with E-state index in [9.17, 15) is 0 Å². The van der Waals surface area contributed by atoms with E-state index < -0.39 is 0 Å². The molecule has 6 heteroatoms. The summed E-state index contributed by atoms with van der Waals surface area (Å²) in [6.07, 6.45) is 3.75. The normalized spacial score (nSPS) is 10.3. The average Bonchev–Trinajstić information content (AvgIpc) is 2.18. The Morgan fingerprint density at radius 1 is 1.64 bits per heavy atom. The van der Waals surface area contributed by atoms with E-state index >= 15 is 0 Å². The van der Waals surface area contributed by atoms with Crippen LogP contribution in [0.2, 0.25) is 5.28 Å². The van der Waals surface area contributed by atoms with E-state index in [1.165, 1.54) is 0 Å². The second kappa shape index (κ2) is 5.78. The molecule has 0 atom stereocenters. The van der Waals surface area contributed by atoms with E-state index in [0.29, 0.717) is 0 Å². The molecule has 0 aliphatic rings. The van der Waals surface area contributed by atoms with Gasteiger partial charge in [0.25, 0.3) is 0 Å². The van der Waals surface area contributed by atoms with E-state index in [-0.39, 0.29) is 5.28 Å². The number of thioether (sulfide) groups is 1. The van der Waals surface area contributed by atoms with Gasteiger partial charge in [-0.15, -0.1) is 0 Å². The molecule has 0 fully saturated rings. The van der Waals surface area contributed by atoms with E-state index in [1.807, 2.05) is 11.9 Å². The molecule has 0 spiro atoms. The molecule has 0 aliphatic carbocycles. The summed E-state index contributed by atoms with van der Waals surface area (Å²) in [4.78, 5) is 10.1. The number of nitrogens with zero attached hydrogens (tertiary/aromatic N) is 3. The van der Waals surface area contributed by atoms with Crippen LogP contribution in [-0.2, 0) is 0 Å². The van der Waals surface area contributed by atoms with Crippen LogP contribution in [0.5, 0.6) is 0 Å². The van der Waals surface area contributed by atoms with Crippen LogP contribution in [-0.4, -0.2) is 35.6 Å². The van der Waals surface area contributed by atoms with Gasteiger partial charge in [-0.1, -0.05) is 0 Å². The third-order valence-corrected chi connectivity index (χ3v) is 3.02.